The van der Waals surface area contributed by atoms with Gasteiger partial charge in [0.25, 0.3) is 0 Å². The molecule has 1 aliphatic rings. The van der Waals surface area contributed by atoms with E-state index in [0.29, 0.717) is 5.92 Å². The van der Waals surface area contributed by atoms with Crippen LogP contribution in [0.4, 0.5) is 0 Å². The number of carboxylic acids is 1. The summed E-state index contributed by atoms with van der Waals surface area (Å²) in [7, 11) is 1.64. The van der Waals surface area contributed by atoms with Crippen LogP contribution in [0.5, 0.6) is 5.75 Å². The Bertz CT molecular complexity index is 459. The number of benzene rings is 1. The summed E-state index contributed by atoms with van der Waals surface area (Å²) < 4.78 is 5.40. The fourth-order valence-electron chi connectivity index (χ4n) is 2.48. The molecule has 3 nitrogen and oxygen atoms in total. The highest BCUT2D eigenvalue weighted by atomic mass is 16.5. The van der Waals surface area contributed by atoms with Gasteiger partial charge in [-0.2, -0.15) is 0 Å². The molecule has 0 radical (unpaired) electrons. The summed E-state index contributed by atoms with van der Waals surface area (Å²) in [6.45, 7) is 4.28. The van der Waals surface area contributed by atoms with Gasteiger partial charge in [0.15, 0.2) is 0 Å². The van der Waals surface area contributed by atoms with E-state index in [-0.39, 0.29) is 11.8 Å². The van der Waals surface area contributed by atoms with Gasteiger partial charge in [-0.1, -0.05) is 26.0 Å². The van der Waals surface area contributed by atoms with Crippen molar-refractivity contribution in [3.05, 3.63) is 29.3 Å². The van der Waals surface area contributed by atoms with Crippen LogP contribution in [-0.4, -0.2) is 18.2 Å². The van der Waals surface area contributed by atoms with Crippen LogP contribution < -0.4 is 4.74 Å². The van der Waals surface area contributed by atoms with E-state index in [9.17, 15) is 4.79 Å². The molecular formula is C15H20O3. The second kappa shape index (κ2) is 4.63. The Balaban J connectivity index is 2.41. The third-order valence-electron chi connectivity index (χ3n) is 3.80. The van der Waals surface area contributed by atoms with Crippen LogP contribution in [0.1, 0.15) is 50.2 Å². The van der Waals surface area contributed by atoms with Gasteiger partial charge in [0.05, 0.1) is 13.5 Å². The number of aliphatic carboxylic acids is 1. The summed E-state index contributed by atoms with van der Waals surface area (Å²) in [6.07, 6.45) is 2.08. The minimum Gasteiger partial charge on any atom is -0.496 e. The Morgan fingerprint density at radius 1 is 1.44 bits per heavy atom. The topological polar surface area (TPSA) is 46.5 Å². The van der Waals surface area contributed by atoms with Crippen LogP contribution >= 0.6 is 0 Å². The van der Waals surface area contributed by atoms with Crippen LogP contribution in [0.2, 0.25) is 0 Å². The molecule has 2 rings (SSSR count). The van der Waals surface area contributed by atoms with Gasteiger partial charge in [-0.3, -0.25) is 4.79 Å². The van der Waals surface area contributed by atoms with Crippen molar-refractivity contribution < 1.29 is 14.6 Å². The van der Waals surface area contributed by atoms with Crippen molar-refractivity contribution in [2.24, 2.45) is 0 Å². The lowest BCUT2D eigenvalue weighted by atomic mass is 9.88. The zero-order valence-electron chi connectivity index (χ0n) is 11.2. The molecule has 0 bridgehead atoms. The zero-order valence-corrected chi connectivity index (χ0v) is 11.2. The SMILES string of the molecule is COc1ccc(C(C)C)cc1C1(CC(=O)O)CC1. The summed E-state index contributed by atoms with van der Waals surface area (Å²) in [5.41, 5.74) is 2.11. The van der Waals surface area contributed by atoms with Crippen LogP contribution in [0, 0.1) is 0 Å². The van der Waals surface area contributed by atoms with E-state index in [1.54, 1.807) is 7.11 Å². The van der Waals surface area contributed by atoms with Gasteiger partial charge in [-0.25, -0.2) is 0 Å². The Kier molecular flexibility index (Phi) is 3.33. The molecule has 0 amide bonds. The van der Waals surface area contributed by atoms with E-state index in [1.807, 2.05) is 6.07 Å². The van der Waals surface area contributed by atoms with Gasteiger partial charge in [-0.05, 0) is 30.4 Å². The maximum atomic E-state index is 11.0. The number of carboxylic acid groups (broad SMARTS) is 1. The smallest absolute Gasteiger partial charge is 0.304 e. The minimum atomic E-state index is -0.732. The molecule has 1 aromatic carbocycles. The lowest BCUT2D eigenvalue weighted by Crippen LogP contribution is -2.14. The zero-order chi connectivity index (χ0) is 13.3. The molecule has 0 unspecified atom stereocenters. The van der Waals surface area contributed by atoms with E-state index < -0.39 is 5.97 Å². The molecule has 1 saturated carbocycles. The predicted octanol–water partition coefficient (Wildman–Crippen LogP) is 3.32. The van der Waals surface area contributed by atoms with Crippen LogP contribution in [0.25, 0.3) is 0 Å². The third-order valence-corrected chi connectivity index (χ3v) is 3.80. The molecule has 1 aliphatic carbocycles. The molecule has 0 saturated heterocycles. The molecule has 1 fully saturated rings. The molecule has 0 aromatic heterocycles. The van der Waals surface area contributed by atoms with Crippen molar-refractivity contribution in [2.45, 2.75) is 44.4 Å². The Morgan fingerprint density at radius 3 is 2.56 bits per heavy atom. The molecular weight excluding hydrogens is 228 g/mol. The highest BCUT2D eigenvalue weighted by Gasteiger charge is 2.47. The fraction of sp³-hybridized carbons (Fsp3) is 0.533. The standard InChI is InChI=1S/C15H20O3/c1-10(2)11-4-5-13(18-3)12(8-11)15(6-7-15)9-14(16)17/h4-5,8,10H,6-7,9H2,1-3H3,(H,16,17). The lowest BCUT2D eigenvalue weighted by molar-refractivity contribution is -0.137. The molecule has 0 aliphatic heterocycles. The van der Waals surface area contributed by atoms with E-state index in [2.05, 4.69) is 26.0 Å². The molecule has 98 valence electrons. The van der Waals surface area contributed by atoms with Crippen molar-refractivity contribution in [3.8, 4) is 5.75 Å². The number of carbonyl (C=O) groups is 1. The lowest BCUT2D eigenvalue weighted by Gasteiger charge is -2.19. The first kappa shape index (κ1) is 12.9. The second-order valence-corrected chi connectivity index (χ2v) is 5.47. The van der Waals surface area contributed by atoms with Crippen molar-refractivity contribution in [3.63, 3.8) is 0 Å². The van der Waals surface area contributed by atoms with E-state index in [4.69, 9.17) is 9.84 Å². The van der Waals surface area contributed by atoms with E-state index in [0.717, 1.165) is 24.2 Å². The van der Waals surface area contributed by atoms with E-state index in [1.165, 1.54) is 5.56 Å². The molecule has 1 N–H and O–H groups in total. The summed E-state index contributed by atoms with van der Waals surface area (Å²) in [5.74, 6) is 0.526. The molecule has 0 spiro atoms. The first-order valence-corrected chi connectivity index (χ1v) is 6.39. The van der Waals surface area contributed by atoms with Crippen LogP contribution in [0.3, 0.4) is 0 Å². The summed E-state index contributed by atoms with van der Waals surface area (Å²) in [6, 6.07) is 6.15. The van der Waals surface area contributed by atoms with Crippen molar-refractivity contribution >= 4 is 5.97 Å². The molecule has 18 heavy (non-hydrogen) atoms. The van der Waals surface area contributed by atoms with E-state index >= 15 is 0 Å². The van der Waals surface area contributed by atoms with Gasteiger partial charge in [0, 0.05) is 11.0 Å². The number of methoxy groups -OCH3 is 1. The molecule has 1 aromatic rings. The largest absolute Gasteiger partial charge is 0.496 e. The summed E-state index contributed by atoms with van der Waals surface area (Å²) in [4.78, 5) is 11.0. The molecule has 3 heteroatoms. The molecule has 0 heterocycles. The van der Waals surface area contributed by atoms with Crippen LogP contribution in [0.15, 0.2) is 18.2 Å². The maximum absolute atomic E-state index is 11.0. The maximum Gasteiger partial charge on any atom is 0.304 e. The molecule has 0 atom stereocenters. The van der Waals surface area contributed by atoms with Crippen LogP contribution in [-0.2, 0) is 10.2 Å². The van der Waals surface area contributed by atoms with Crippen molar-refractivity contribution in [2.75, 3.05) is 7.11 Å². The predicted molar refractivity (Wildman–Crippen MR) is 70.2 cm³/mol. The summed E-state index contributed by atoms with van der Waals surface area (Å²) in [5, 5.41) is 9.05. The first-order chi connectivity index (χ1) is 8.48. The number of hydrogen-bond acceptors (Lipinski definition) is 2. The highest BCUT2D eigenvalue weighted by molar-refractivity contribution is 5.70. The fourth-order valence-corrected chi connectivity index (χ4v) is 2.48. The number of hydrogen-bond donors (Lipinski definition) is 1. The monoisotopic (exact) mass is 248 g/mol. The van der Waals surface area contributed by atoms with Gasteiger partial charge in [0.1, 0.15) is 5.75 Å². The average Bonchev–Trinajstić information content (AvgIpc) is 3.08. The van der Waals surface area contributed by atoms with Crippen molar-refractivity contribution in [1.82, 2.24) is 0 Å². The summed E-state index contributed by atoms with van der Waals surface area (Å²) >= 11 is 0. The Morgan fingerprint density at radius 2 is 2.11 bits per heavy atom. The Labute approximate surface area is 108 Å². The van der Waals surface area contributed by atoms with Gasteiger partial charge < -0.3 is 9.84 Å². The number of rotatable bonds is 5. The quantitative estimate of drug-likeness (QED) is 0.869. The minimum absolute atomic E-state index is 0.192. The second-order valence-electron chi connectivity index (χ2n) is 5.47. The average molecular weight is 248 g/mol. The Hall–Kier alpha value is -1.51. The van der Waals surface area contributed by atoms with Gasteiger partial charge in [-0.15, -0.1) is 0 Å². The van der Waals surface area contributed by atoms with Gasteiger partial charge in [0.2, 0.25) is 0 Å². The first-order valence-electron chi connectivity index (χ1n) is 6.39. The van der Waals surface area contributed by atoms with Gasteiger partial charge >= 0.3 is 5.97 Å². The number of ether oxygens (including phenoxy) is 1. The highest BCUT2D eigenvalue weighted by Crippen LogP contribution is 2.54. The third kappa shape index (κ3) is 2.35. The van der Waals surface area contributed by atoms with Crippen molar-refractivity contribution in [1.29, 1.82) is 0 Å². The normalized spacial score (nSPS) is 16.7.